The molecule has 0 aromatic carbocycles. The monoisotopic (exact) mass is 308 g/mol. The van der Waals surface area contributed by atoms with Gasteiger partial charge in [-0.2, -0.15) is 11.8 Å². The molecule has 1 aromatic heterocycles. The highest BCUT2D eigenvalue weighted by molar-refractivity contribution is 7.98. The molecule has 5 heteroatoms. The van der Waals surface area contributed by atoms with Crippen LogP contribution in [0.1, 0.15) is 30.7 Å². The van der Waals surface area contributed by atoms with E-state index in [0.717, 1.165) is 18.5 Å². The van der Waals surface area contributed by atoms with Crippen LogP contribution in [0.5, 0.6) is 0 Å². The quantitative estimate of drug-likeness (QED) is 0.818. The second kappa shape index (κ2) is 7.16. The number of fused-ring (bicyclic) bond motifs is 4. The number of nitrogens with one attached hydrogen (secondary N) is 1. The summed E-state index contributed by atoms with van der Waals surface area (Å²) in [7, 11) is 0. The number of imidazole rings is 1. The van der Waals surface area contributed by atoms with Gasteiger partial charge in [0.25, 0.3) is 0 Å². The van der Waals surface area contributed by atoms with Gasteiger partial charge in [-0.1, -0.05) is 0 Å². The maximum absolute atomic E-state index is 4.48. The number of piperidine rings is 1. The highest BCUT2D eigenvalue weighted by atomic mass is 32.2. The number of aromatic amines is 1. The van der Waals surface area contributed by atoms with Crippen LogP contribution in [0.3, 0.4) is 0 Å². The summed E-state index contributed by atoms with van der Waals surface area (Å²) < 4.78 is 0. The topological polar surface area (TPSA) is 35.2 Å². The lowest BCUT2D eigenvalue weighted by Gasteiger charge is -2.36. The summed E-state index contributed by atoms with van der Waals surface area (Å²) in [4.78, 5) is 13.1. The molecular weight excluding hydrogens is 280 g/mol. The van der Waals surface area contributed by atoms with E-state index in [2.05, 4.69) is 32.9 Å². The number of aromatic nitrogens is 2. The molecule has 3 aliphatic heterocycles. The normalized spacial score (nSPS) is 27.1. The molecule has 3 saturated heterocycles. The second-order valence-electron chi connectivity index (χ2n) is 6.61. The van der Waals surface area contributed by atoms with E-state index in [1.165, 1.54) is 62.6 Å². The molecule has 0 saturated carbocycles. The minimum Gasteiger partial charge on any atom is -0.348 e. The summed E-state index contributed by atoms with van der Waals surface area (Å²) in [5, 5.41) is 0. The smallest absolute Gasteiger partial charge is 0.0925 e. The maximum Gasteiger partial charge on any atom is 0.0925 e. The van der Waals surface area contributed by atoms with Crippen LogP contribution in [0.4, 0.5) is 0 Å². The predicted molar refractivity (Wildman–Crippen MR) is 89.7 cm³/mol. The van der Waals surface area contributed by atoms with Crippen molar-refractivity contribution in [1.29, 1.82) is 0 Å². The van der Waals surface area contributed by atoms with Crippen molar-refractivity contribution in [2.24, 2.45) is 5.92 Å². The van der Waals surface area contributed by atoms with Crippen LogP contribution in [-0.4, -0.2) is 64.0 Å². The Bertz CT molecular complexity index is 447. The van der Waals surface area contributed by atoms with Crippen molar-refractivity contribution in [3.05, 3.63) is 17.7 Å². The van der Waals surface area contributed by atoms with Gasteiger partial charge in [-0.15, -0.1) is 0 Å². The summed E-state index contributed by atoms with van der Waals surface area (Å²) in [5.41, 5.74) is 2.45. The molecule has 4 rings (SSSR count). The summed E-state index contributed by atoms with van der Waals surface area (Å²) in [6.45, 7) is 8.22. The fraction of sp³-hybridized carbons (Fsp3) is 0.812. The molecule has 0 spiro atoms. The minimum absolute atomic E-state index is 0.768. The fourth-order valence-electron chi connectivity index (χ4n) is 3.85. The lowest BCUT2D eigenvalue weighted by Crippen LogP contribution is -2.44. The molecule has 118 valence electrons. The van der Waals surface area contributed by atoms with Crippen molar-refractivity contribution >= 4 is 11.8 Å². The zero-order chi connectivity index (χ0) is 14.7. The molecule has 2 atom stereocenters. The third-order valence-corrected chi connectivity index (χ3v) is 5.70. The van der Waals surface area contributed by atoms with Gasteiger partial charge in [0.1, 0.15) is 0 Å². The van der Waals surface area contributed by atoms with E-state index in [9.17, 15) is 0 Å². The molecule has 1 N–H and O–H groups in total. The van der Waals surface area contributed by atoms with Crippen LogP contribution in [0.25, 0.3) is 0 Å². The summed E-state index contributed by atoms with van der Waals surface area (Å²) in [6.07, 6.45) is 8.18. The Labute approximate surface area is 132 Å². The Balaban J connectivity index is 1.59. The van der Waals surface area contributed by atoms with E-state index >= 15 is 0 Å². The van der Waals surface area contributed by atoms with E-state index in [0.29, 0.717) is 0 Å². The highest BCUT2D eigenvalue weighted by Crippen LogP contribution is 2.29. The molecule has 3 aliphatic rings. The standard InChI is InChI=1S/C16H28N4S/c1-13-16(18-12-17-13)11-19-8-14-4-5-15(10-19)20(9-14)6-3-7-21-2/h12,14-15H,3-11H2,1-2H3,(H,17,18)/t14-,15+/m1/s1. The zero-order valence-corrected chi connectivity index (χ0v) is 14.2. The van der Waals surface area contributed by atoms with Crippen molar-refractivity contribution in [2.45, 2.75) is 38.8 Å². The van der Waals surface area contributed by atoms with Gasteiger partial charge in [-0.05, 0) is 50.7 Å². The van der Waals surface area contributed by atoms with Crippen molar-refractivity contribution < 1.29 is 0 Å². The van der Waals surface area contributed by atoms with Crippen LogP contribution in [0.15, 0.2) is 6.33 Å². The summed E-state index contributed by atoms with van der Waals surface area (Å²) in [5.74, 6) is 2.15. The number of aryl methyl sites for hydroxylation is 1. The number of rotatable bonds is 6. The lowest BCUT2D eigenvalue weighted by molar-refractivity contribution is 0.131. The zero-order valence-electron chi connectivity index (χ0n) is 13.3. The van der Waals surface area contributed by atoms with Gasteiger partial charge in [-0.25, -0.2) is 4.98 Å². The number of hydrogen-bond donors (Lipinski definition) is 1. The third kappa shape index (κ3) is 3.82. The van der Waals surface area contributed by atoms with Crippen molar-refractivity contribution in [3.8, 4) is 0 Å². The van der Waals surface area contributed by atoms with Crippen LogP contribution in [0, 0.1) is 12.8 Å². The maximum atomic E-state index is 4.48. The predicted octanol–water partition coefficient (Wildman–Crippen LogP) is 2.37. The molecule has 0 amide bonds. The van der Waals surface area contributed by atoms with Gasteiger partial charge in [0.05, 0.1) is 12.0 Å². The van der Waals surface area contributed by atoms with E-state index in [1.807, 2.05) is 18.1 Å². The molecule has 4 heterocycles. The van der Waals surface area contributed by atoms with Crippen molar-refractivity contribution in [1.82, 2.24) is 19.8 Å². The first-order valence-corrected chi connectivity index (χ1v) is 9.60. The first-order chi connectivity index (χ1) is 10.3. The fourth-order valence-corrected chi connectivity index (χ4v) is 4.27. The summed E-state index contributed by atoms with van der Waals surface area (Å²) in [6, 6.07) is 0.768. The molecule has 2 bridgehead atoms. The second-order valence-corrected chi connectivity index (χ2v) is 7.59. The Kier molecular flexibility index (Phi) is 5.24. The lowest BCUT2D eigenvalue weighted by atomic mass is 9.95. The molecule has 1 aromatic rings. The van der Waals surface area contributed by atoms with Gasteiger partial charge in [0.15, 0.2) is 0 Å². The Hall–Kier alpha value is -0.520. The van der Waals surface area contributed by atoms with Crippen molar-refractivity contribution in [3.63, 3.8) is 0 Å². The van der Waals surface area contributed by atoms with Crippen LogP contribution in [-0.2, 0) is 6.54 Å². The van der Waals surface area contributed by atoms with Gasteiger partial charge >= 0.3 is 0 Å². The van der Waals surface area contributed by atoms with Gasteiger partial charge < -0.3 is 4.98 Å². The average molecular weight is 308 g/mol. The van der Waals surface area contributed by atoms with Gasteiger partial charge in [-0.3, -0.25) is 9.80 Å². The van der Waals surface area contributed by atoms with E-state index in [-0.39, 0.29) is 0 Å². The SMILES string of the molecule is CSCCCN1C[C@@H]2CC[C@H]1CN(Cc1nc[nH]c1C)C2. The van der Waals surface area contributed by atoms with E-state index < -0.39 is 0 Å². The largest absolute Gasteiger partial charge is 0.348 e. The summed E-state index contributed by atoms with van der Waals surface area (Å²) >= 11 is 1.97. The number of hydrogen-bond acceptors (Lipinski definition) is 4. The Morgan fingerprint density at radius 2 is 2.24 bits per heavy atom. The van der Waals surface area contributed by atoms with Crippen LogP contribution in [0.2, 0.25) is 0 Å². The molecular formula is C16H28N4S. The number of thioether (sulfide) groups is 1. The minimum atomic E-state index is 0.768. The van der Waals surface area contributed by atoms with Crippen LogP contribution < -0.4 is 0 Å². The first-order valence-electron chi connectivity index (χ1n) is 8.20. The van der Waals surface area contributed by atoms with Crippen LogP contribution >= 0.6 is 11.8 Å². The Morgan fingerprint density at radius 3 is 3.00 bits per heavy atom. The average Bonchev–Trinajstić information content (AvgIpc) is 2.70. The van der Waals surface area contributed by atoms with E-state index in [1.54, 1.807) is 0 Å². The molecule has 4 nitrogen and oxygen atoms in total. The molecule has 21 heavy (non-hydrogen) atoms. The number of H-pyrrole nitrogens is 1. The van der Waals surface area contributed by atoms with Gasteiger partial charge in [0.2, 0.25) is 0 Å². The molecule has 0 radical (unpaired) electrons. The molecule has 0 unspecified atom stereocenters. The molecule has 0 aliphatic carbocycles. The molecule has 3 fully saturated rings. The van der Waals surface area contributed by atoms with Gasteiger partial charge in [0, 0.05) is 37.9 Å². The highest BCUT2D eigenvalue weighted by Gasteiger charge is 2.34. The number of nitrogens with zero attached hydrogens (tertiary/aromatic N) is 3. The third-order valence-electron chi connectivity index (χ3n) is 5.00. The Morgan fingerprint density at radius 1 is 1.33 bits per heavy atom. The first kappa shape index (κ1) is 15.4. The van der Waals surface area contributed by atoms with Crippen molar-refractivity contribution in [2.75, 3.05) is 38.2 Å². The van der Waals surface area contributed by atoms with E-state index in [4.69, 9.17) is 0 Å².